The maximum Gasteiger partial charge on any atom is 0.258 e. The predicted octanol–water partition coefficient (Wildman–Crippen LogP) is 0.666. The summed E-state index contributed by atoms with van der Waals surface area (Å²) in [7, 11) is 0. The van der Waals surface area contributed by atoms with Crippen LogP contribution in [0.3, 0.4) is 0 Å². The van der Waals surface area contributed by atoms with E-state index in [1.807, 2.05) is 4.90 Å². The lowest BCUT2D eigenvalue weighted by molar-refractivity contribution is -0.136. The van der Waals surface area contributed by atoms with Crippen LogP contribution in [0.5, 0.6) is 0 Å². The van der Waals surface area contributed by atoms with Crippen LogP contribution in [0.25, 0.3) is 0 Å². The van der Waals surface area contributed by atoms with Gasteiger partial charge in [0.15, 0.2) is 0 Å². The first-order chi connectivity index (χ1) is 13.5. The van der Waals surface area contributed by atoms with E-state index in [-0.39, 0.29) is 48.6 Å². The molecule has 148 valence electrons. The molecule has 2 N–H and O–H groups in total. The highest BCUT2D eigenvalue weighted by Crippen LogP contribution is 2.42. The van der Waals surface area contributed by atoms with Gasteiger partial charge in [-0.1, -0.05) is 0 Å². The molecule has 0 spiro atoms. The van der Waals surface area contributed by atoms with Crippen molar-refractivity contribution in [1.29, 1.82) is 0 Å². The molecular formula is C19H20F2N4O3. The Kier molecular flexibility index (Phi) is 3.90. The van der Waals surface area contributed by atoms with Crippen LogP contribution in [0.1, 0.15) is 41.6 Å². The van der Waals surface area contributed by atoms with Crippen molar-refractivity contribution in [3.63, 3.8) is 0 Å². The van der Waals surface area contributed by atoms with Crippen molar-refractivity contribution in [2.24, 2.45) is 0 Å². The molecule has 3 atom stereocenters. The molecule has 1 aromatic rings. The first-order valence-corrected chi connectivity index (χ1v) is 9.60. The largest absolute Gasteiger partial charge is 0.360 e. The van der Waals surface area contributed by atoms with Gasteiger partial charge in [0.05, 0.1) is 11.3 Å². The van der Waals surface area contributed by atoms with E-state index >= 15 is 0 Å². The molecule has 4 aliphatic rings. The van der Waals surface area contributed by atoms with Crippen molar-refractivity contribution in [2.75, 3.05) is 18.0 Å². The van der Waals surface area contributed by atoms with E-state index < -0.39 is 29.5 Å². The predicted molar refractivity (Wildman–Crippen MR) is 94.6 cm³/mol. The number of carbonyl (C=O) groups is 3. The zero-order chi connectivity index (χ0) is 19.6. The molecule has 3 fully saturated rings. The minimum atomic E-state index is -0.904. The first kappa shape index (κ1) is 17.5. The monoisotopic (exact) mass is 390 g/mol. The third-order valence-corrected chi connectivity index (χ3v) is 6.33. The molecule has 9 heteroatoms. The van der Waals surface area contributed by atoms with E-state index in [1.54, 1.807) is 0 Å². The topological polar surface area (TPSA) is 81.8 Å². The Balaban J connectivity index is 1.56. The van der Waals surface area contributed by atoms with Crippen LogP contribution in [0, 0.1) is 11.6 Å². The number of amides is 3. The van der Waals surface area contributed by atoms with Gasteiger partial charge in [-0.2, -0.15) is 0 Å². The second-order valence-electron chi connectivity index (χ2n) is 7.89. The lowest BCUT2D eigenvalue weighted by Gasteiger charge is -2.38. The third kappa shape index (κ3) is 2.45. The second kappa shape index (κ2) is 6.23. The van der Waals surface area contributed by atoms with Crippen molar-refractivity contribution in [2.45, 2.75) is 50.4 Å². The van der Waals surface area contributed by atoms with Gasteiger partial charge in [0, 0.05) is 49.8 Å². The van der Waals surface area contributed by atoms with Gasteiger partial charge in [0.2, 0.25) is 11.8 Å². The molecule has 0 saturated carbocycles. The van der Waals surface area contributed by atoms with Crippen LogP contribution < -0.4 is 15.5 Å². The molecule has 4 aliphatic heterocycles. The summed E-state index contributed by atoms with van der Waals surface area (Å²) in [5.74, 6) is -3.15. The summed E-state index contributed by atoms with van der Waals surface area (Å²) in [4.78, 5) is 39.8. The Bertz CT molecular complexity index is 890. The van der Waals surface area contributed by atoms with Gasteiger partial charge in [-0.3, -0.25) is 19.7 Å². The molecule has 2 bridgehead atoms. The van der Waals surface area contributed by atoms with Crippen molar-refractivity contribution in [1.82, 2.24) is 15.5 Å². The van der Waals surface area contributed by atoms with Crippen molar-refractivity contribution >= 4 is 23.4 Å². The van der Waals surface area contributed by atoms with E-state index in [0.717, 1.165) is 18.9 Å². The molecule has 0 aromatic heterocycles. The van der Waals surface area contributed by atoms with Gasteiger partial charge in [0.1, 0.15) is 17.7 Å². The number of benzene rings is 1. The fraction of sp³-hybridized carbons (Fsp3) is 0.526. The number of piperazine rings is 1. The Morgan fingerprint density at radius 2 is 1.71 bits per heavy atom. The van der Waals surface area contributed by atoms with E-state index in [2.05, 4.69) is 10.6 Å². The molecule has 5 rings (SSSR count). The number of rotatable bonds is 2. The van der Waals surface area contributed by atoms with Gasteiger partial charge in [0.25, 0.3) is 5.91 Å². The second-order valence-corrected chi connectivity index (χ2v) is 7.89. The molecule has 3 saturated heterocycles. The zero-order valence-corrected chi connectivity index (χ0v) is 15.1. The summed E-state index contributed by atoms with van der Waals surface area (Å²) in [6.07, 6.45) is 2.12. The Morgan fingerprint density at radius 3 is 2.39 bits per heavy atom. The number of nitrogens with zero attached hydrogens (tertiary/aromatic N) is 2. The number of hydrogen-bond acceptors (Lipinski definition) is 5. The number of hydrogen-bond donors (Lipinski definition) is 2. The summed E-state index contributed by atoms with van der Waals surface area (Å²) < 4.78 is 29.5. The minimum absolute atomic E-state index is 0.0339. The molecule has 0 radical (unpaired) electrons. The molecule has 1 unspecified atom stereocenters. The summed E-state index contributed by atoms with van der Waals surface area (Å²) in [6.45, 7) is 1.40. The van der Waals surface area contributed by atoms with Crippen LogP contribution in [0.4, 0.5) is 14.5 Å². The van der Waals surface area contributed by atoms with Crippen molar-refractivity contribution in [3.8, 4) is 0 Å². The number of anilines is 1. The smallest absolute Gasteiger partial charge is 0.258 e. The number of imide groups is 1. The van der Waals surface area contributed by atoms with Crippen LogP contribution in [-0.4, -0.2) is 53.8 Å². The van der Waals surface area contributed by atoms with Gasteiger partial charge >= 0.3 is 0 Å². The van der Waals surface area contributed by atoms with Crippen molar-refractivity contribution < 1.29 is 23.2 Å². The quantitative estimate of drug-likeness (QED) is 0.726. The number of piperidine rings is 1. The van der Waals surface area contributed by atoms with Gasteiger partial charge in [-0.25, -0.2) is 8.78 Å². The normalized spacial score (nSPS) is 29.4. The number of halogens is 2. The summed E-state index contributed by atoms with van der Waals surface area (Å²) in [6, 6.07) is 0.124. The van der Waals surface area contributed by atoms with E-state index in [1.165, 1.54) is 4.90 Å². The Hall–Kier alpha value is -2.55. The average molecular weight is 390 g/mol. The fourth-order valence-corrected chi connectivity index (χ4v) is 5.08. The number of fused-ring (bicyclic) bond motifs is 3. The maximum atomic E-state index is 14.9. The summed E-state index contributed by atoms with van der Waals surface area (Å²) in [5, 5.41) is 5.55. The Labute approximate surface area is 160 Å². The van der Waals surface area contributed by atoms with Gasteiger partial charge < -0.3 is 15.1 Å². The molecule has 7 nitrogen and oxygen atoms in total. The standard InChI is InChI=1S/C19H20F2N4O3/c20-12-5-13(21)17(25-9-1-2-10(25)7-22-6-9)11-8-24(19(28)16(11)12)14-3-4-15(26)23-18(14)27/h5,9-10,14,22H,1-4,6-8H2,(H,23,26,27)/t9-,10+,14?. The highest BCUT2D eigenvalue weighted by atomic mass is 19.1. The van der Waals surface area contributed by atoms with Crippen molar-refractivity contribution in [3.05, 3.63) is 28.8 Å². The lowest BCUT2D eigenvalue weighted by atomic mass is 10.0. The minimum Gasteiger partial charge on any atom is -0.360 e. The average Bonchev–Trinajstić information content (AvgIpc) is 3.08. The van der Waals surface area contributed by atoms with E-state index in [9.17, 15) is 23.2 Å². The molecule has 28 heavy (non-hydrogen) atoms. The third-order valence-electron chi connectivity index (χ3n) is 6.33. The van der Waals surface area contributed by atoms with Crippen LogP contribution in [0.15, 0.2) is 6.07 Å². The lowest BCUT2D eigenvalue weighted by Crippen LogP contribution is -2.53. The fourth-order valence-electron chi connectivity index (χ4n) is 5.08. The highest BCUT2D eigenvalue weighted by molar-refractivity contribution is 6.06. The SMILES string of the molecule is O=C1CCC(N2Cc3c(c(F)cc(F)c3N3[C@@H]4CC[C@H]3CNC4)C2=O)C(=O)N1. The summed E-state index contributed by atoms with van der Waals surface area (Å²) in [5.41, 5.74) is 0.443. The first-order valence-electron chi connectivity index (χ1n) is 9.60. The molecular weight excluding hydrogens is 370 g/mol. The van der Waals surface area contributed by atoms with Crippen LogP contribution in [-0.2, 0) is 16.1 Å². The zero-order valence-electron chi connectivity index (χ0n) is 15.1. The number of carbonyl (C=O) groups excluding carboxylic acids is 3. The molecule has 0 aliphatic carbocycles. The molecule has 4 heterocycles. The molecule has 1 aromatic carbocycles. The maximum absolute atomic E-state index is 14.9. The summed E-state index contributed by atoms with van der Waals surface area (Å²) >= 11 is 0. The van der Waals surface area contributed by atoms with E-state index in [0.29, 0.717) is 18.7 Å². The number of nitrogens with one attached hydrogen (secondary N) is 2. The van der Waals surface area contributed by atoms with E-state index in [4.69, 9.17) is 0 Å². The van der Waals surface area contributed by atoms with Crippen LogP contribution >= 0.6 is 0 Å². The highest BCUT2D eigenvalue weighted by Gasteiger charge is 2.45. The van der Waals surface area contributed by atoms with Gasteiger partial charge in [-0.05, 0) is 19.3 Å². The van der Waals surface area contributed by atoms with Gasteiger partial charge in [-0.15, -0.1) is 0 Å². The Morgan fingerprint density at radius 1 is 1.00 bits per heavy atom. The van der Waals surface area contributed by atoms with Crippen LogP contribution in [0.2, 0.25) is 0 Å². The molecule has 3 amide bonds.